The summed E-state index contributed by atoms with van der Waals surface area (Å²) in [4.78, 5) is 43.4. The van der Waals surface area contributed by atoms with Gasteiger partial charge in [0.2, 0.25) is 5.96 Å². The first-order valence-electron chi connectivity index (χ1n) is 14.7. The highest BCUT2D eigenvalue weighted by atomic mass is 16.5. The number of benzene rings is 1. The average Bonchev–Trinajstić information content (AvgIpc) is 3.50. The lowest BCUT2D eigenvalue weighted by Gasteiger charge is -2.29. The molecule has 0 aliphatic carbocycles. The number of amidine groups is 1. The van der Waals surface area contributed by atoms with Crippen LogP contribution in [0.1, 0.15) is 43.1 Å². The van der Waals surface area contributed by atoms with Crippen molar-refractivity contribution in [3.05, 3.63) is 41.6 Å². The second-order valence-electron chi connectivity index (χ2n) is 11.0. The molecule has 3 aliphatic heterocycles. The predicted molar refractivity (Wildman–Crippen MR) is 164 cm³/mol. The molecule has 1 fully saturated rings. The SMILES string of the molecule is COc1c(OCCCN2CCOCC2)ccc2c1N=C(NC(=O)c1ccc(NC(=O)NC(C)C(C)C)nc1)N1CCN=C21. The van der Waals surface area contributed by atoms with Crippen molar-refractivity contribution in [2.75, 3.05) is 65.0 Å². The molecule has 13 nitrogen and oxygen atoms in total. The lowest BCUT2D eigenvalue weighted by molar-refractivity contribution is 0.0357. The largest absolute Gasteiger partial charge is 0.491 e. The molecule has 0 spiro atoms. The summed E-state index contributed by atoms with van der Waals surface area (Å²) in [6.45, 7) is 12.0. The number of aliphatic imine (C=N–C) groups is 2. The zero-order valence-corrected chi connectivity index (χ0v) is 25.2. The van der Waals surface area contributed by atoms with Crippen molar-refractivity contribution in [2.45, 2.75) is 33.2 Å². The molecular weight excluding hydrogens is 552 g/mol. The van der Waals surface area contributed by atoms with Crippen molar-refractivity contribution < 1.29 is 23.8 Å². The predicted octanol–water partition coefficient (Wildman–Crippen LogP) is 2.85. The smallest absolute Gasteiger partial charge is 0.320 e. The van der Waals surface area contributed by atoms with Gasteiger partial charge in [0, 0.05) is 44.0 Å². The van der Waals surface area contributed by atoms with Crippen LogP contribution in [0.4, 0.5) is 16.3 Å². The Hall–Kier alpha value is -4.23. The first-order valence-corrected chi connectivity index (χ1v) is 14.7. The minimum Gasteiger partial charge on any atom is -0.491 e. The minimum absolute atomic E-state index is 0.00657. The molecule has 1 unspecified atom stereocenters. The van der Waals surface area contributed by atoms with E-state index in [1.165, 1.54) is 6.20 Å². The van der Waals surface area contributed by atoms with Crippen LogP contribution >= 0.6 is 0 Å². The van der Waals surface area contributed by atoms with Crippen LogP contribution in [0.15, 0.2) is 40.4 Å². The number of hydrogen-bond acceptors (Lipinski definition) is 10. The number of nitrogens with one attached hydrogen (secondary N) is 3. The van der Waals surface area contributed by atoms with Gasteiger partial charge in [-0.2, -0.15) is 0 Å². The molecule has 5 rings (SSSR count). The Morgan fingerprint density at radius 3 is 2.60 bits per heavy atom. The lowest BCUT2D eigenvalue weighted by atomic mass is 10.1. The van der Waals surface area contributed by atoms with Crippen LogP contribution in [-0.4, -0.2) is 104 Å². The number of ether oxygens (including phenoxy) is 3. The Bertz CT molecular complexity index is 1370. The Morgan fingerprint density at radius 1 is 1.07 bits per heavy atom. The molecule has 3 N–H and O–H groups in total. The maximum absolute atomic E-state index is 13.2. The van der Waals surface area contributed by atoms with Gasteiger partial charge in [-0.3, -0.25) is 30.2 Å². The zero-order valence-electron chi connectivity index (χ0n) is 25.2. The number of pyridine rings is 1. The average molecular weight is 593 g/mol. The number of carbonyl (C=O) groups is 2. The van der Waals surface area contributed by atoms with Crippen molar-refractivity contribution in [3.63, 3.8) is 0 Å². The molecule has 1 atom stereocenters. The van der Waals surface area contributed by atoms with Crippen LogP contribution < -0.4 is 25.4 Å². The van der Waals surface area contributed by atoms with Crippen molar-refractivity contribution in [1.82, 2.24) is 25.4 Å². The molecule has 13 heteroatoms. The van der Waals surface area contributed by atoms with E-state index in [-0.39, 0.29) is 18.0 Å². The lowest BCUT2D eigenvalue weighted by Crippen LogP contribution is -2.47. The maximum Gasteiger partial charge on any atom is 0.320 e. The third-order valence-electron chi connectivity index (χ3n) is 7.69. The van der Waals surface area contributed by atoms with Crippen LogP contribution in [0.2, 0.25) is 0 Å². The fraction of sp³-hybridized carbons (Fsp3) is 0.500. The van der Waals surface area contributed by atoms with Gasteiger partial charge in [0.05, 0.1) is 39.0 Å². The van der Waals surface area contributed by atoms with Crippen LogP contribution in [-0.2, 0) is 4.74 Å². The summed E-state index contributed by atoms with van der Waals surface area (Å²) in [7, 11) is 1.58. The number of carbonyl (C=O) groups excluding carboxylic acids is 2. The maximum atomic E-state index is 13.2. The van der Waals surface area contributed by atoms with Crippen molar-refractivity contribution in [2.24, 2.45) is 15.9 Å². The summed E-state index contributed by atoms with van der Waals surface area (Å²) < 4.78 is 17.3. The number of morpholine rings is 1. The second-order valence-corrected chi connectivity index (χ2v) is 11.0. The highest BCUT2D eigenvalue weighted by Crippen LogP contribution is 2.43. The zero-order chi connectivity index (χ0) is 30.3. The van der Waals surface area contributed by atoms with Crippen molar-refractivity contribution >= 4 is 35.2 Å². The molecule has 3 amide bonds. The summed E-state index contributed by atoms with van der Waals surface area (Å²) in [5.41, 5.74) is 1.69. The molecule has 2 aromatic rings. The van der Waals surface area contributed by atoms with Gasteiger partial charge in [0.15, 0.2) is 11.5 Å². The van der Waals surface area contributed by atoms with E-state index in [1.807, 2.05) is 37.8 Å². The Balaban J connectivity index is 1.27. The number of hydrogen-bond donors (Lipinski definition) is 3. The minimum atomic E-state index is -0.389. The third-order valence-corrected chi connectivity index (χ3v) is 7.69. The molecule has 0 radical (unpaired) electrons. The van der Waals surface area contributed by atoms with E-state index >= 15 is 0 Å². The normalized spacial score (nSPS) is 16.9. The number of aromatic nitrogens is 1. The number of urea groups is 1. The monoisotopic (exact) mass is 592 g/mol. The number of anilines is 1. The quantitative estimate of drug-likeness (QED) is 0.358. The third kappa shape index (κ3) is 7.23. The van der Waals surface area contributed by atoms with E-state index in [4.69, 9.17) is 19.2 Å². The molecule has 4 heterocycles. The van der Waals surface area contributed by atoms with Gasteiger partial charge in [-0.15, -0.1) is 0 Å². The van der Waals surface area contributed by atoms with Gasteiger partial charge in [0.25, 0.3) is 5.91 Å². The van der Waals surface area contributed by atoms with E-state index < -0.39 is 0 Å². The molecule has 1 aromatic carbocycles. The Morgan fingerprint density at radius 2 is 1.88 bits per heavy atom. The summed E-state index contributed by atoms with van der Waals surface area (Å²) in [6.07, 6.45) is 2.28. The van der Waals surface area contributed by atoms with Crippen LogP contribution in [0.3, 0.4) is 0 Å². The molecule has 43 heavy (non-hydrogen) atoms. The standard InChI is InChI=1S/C30H40N8O5/c1-19(2)20(3)33-30(40)34-24-9-6-21(18-32-24)28(39)36-29-35-25-22(27-31-10-12-38(27)29)7-8-23(26(25)41-4)43-15-5-11-37-13-16-42-17-14-37/h6-9,18-20H,5,10-17H2,1-4H3,(H,35,36,39)(H2,32,33,34,40). The highest BCUT2D eigenvalue weighted by Gasteiger charge is 2.33. The molecule has 3 aliphatic rings. The highest BCUT2D eigenvalue weighted by molar-refractivity contribution is 6.20. The van der Waals surface area contributed by atoms with Gasteiger partial charge in [-0.05, 0) is 43.5 Å². The number of methoxy groups -OCH3 is 1. The van der Waals surface area contributed by atoms with Crippen molar-refractivity contribution in [3.8, 4) is 11.5 Å². The van der Waals surface area contributed by atoms with Gasteiger partial charge in [-0.1, -0.05) is 13.8 Å². The van der Waals surface area contributed by atoms with Crippen molar-refractivity contribution in [1.29, 1.82) is 0 Å². The van der Waals surface area contributed by atoms with Crippen LogP contribution in [0.25, 0.3) is 0 Å². The van der Waals surface area contributed by atoms with Crippen LogP contribution in [0, 0.1) is 5.92 Å². The molecular formula is C30H40N8O5. The number of rotatable bonds is 10. The summed E-state index contributed by atoms with van der Waals surface area (Å²) in [5, 5.41) is 8.47. The fourth-order valence-electron chi connectivity index (χ4n) is 4.90. The Kier molecular flexibility index (Phi) is 9.72. The van der Waals surface area contributed by atoms with E-state index in [2.05, 4.69) is 30.8 Å². The van der Waals surface area contributed by atoms with Gasteiger partial charge < -0.3 is 19.5 Å². The van der Waals surface area contributed by atoms with Gasteiger partial charge >= 0.3 is 6.03 Å². The molecule has 1 saturated heterocycles. The van der Waals surface area contributed by atoms with E-state index in [0.717, 1.165) is 50.7 Å². The molecule has 230 valence electrons. The molecule has 0 bridgehead atoms. The number of amides is 3. The summed E-state index contributed by atoms with van der Waals surface area (Å²) in [6, 6.07) is 6.66. The van der Waals surface area contributed by atoms with E-state index in [1.54, 1.807) is 19.2 Å². The number of nitrogens with zero attached hydrogens (tertiary/aromatic N) is 5. The summed E-state index contributed by atoms with van der Waals surface area (Å²) in [5.74, 6) is 2.39. The van der Waals surface area contributed by atoms with E-state index in [9.17, 15) is 9.59 Å². The first kappa shape index (κ1) is 30.2. The number of fused-ring (bicyclic) bond motifs is 3. The molecule has 1 aromatic heterocycles. The second kappa shape index (κ2) is 13.8. The Labute approximate surface area is 251 Å². The van der Waals surface area contributed by atoms with Gasteiger partial charge in [-0.25, -0.2) is 14.8 Å². The topological polar surface area (TPSA) is 142 Å². The summed E-state index contributed by atoms with van der Waals surface area (Å²) >= 11 is 0. The van der Waals surface area contributed by atoms with Gasteiger partial charge in [0.1, 0.15) is 17.3 Å². The number of guanidine groups is 1. The molecule has 0 saturated carbocycles. The fourth-order valence-corrected chi connectivity index (χ4v) is 4.90. The van der Waals surface area contributed by atoms with E-state index in [0.29, 0.717) is 60.1 Å². The van der Waals surface area contributed by atoms with Crippen LogP contribution in [0.5, 0.6) is 11.5 Å². The first-order chi connectivity index (χ1) is 20.8.